The molecule has 5 nitrogen and oxygen atoms in total. The highest BCUT2D eigenvalue weighted by Gasteiger charge is 2.30. The van der Waals surface area contributed by atoms with Crippen molar-refractivity contribution in [2.75, 3.05) is 5.32 Å². The Bertz CT molecular complexity index is 802. The summed E-state index contributed by atoms with van der Waals surface area (Å²) in [5.74, 6) is 0.510. The van der Waals surface area contributed by atoms with Gasteiger partial charge in [-0.1, -0.05) is 6.92 Å². The van der Waals surface area contributed by atoms with Gasteiger partial charge in [-0.15, -0.1) is 11.3 Å². The van der Waals surface area contributed by atoms with Crippen LogP contribution in [0.5, 0.6) is 0 Å². The van der Waals surface area contributed by atoms with Gasteiger partial charge in [0.1, 0.15) is 10.8 Å². The number of amides is 1. The Morgan fingerprint density at radius 3 is 2.80 bits per heavy atom. The minimum atomic E-state index is -0.360. The molecule has 0 aliphatic heterocycles. The lowest BCUT2D eigenvalue weighted by Crippen LogP contribution is -2.18. The minimum absolute atomic E-state index is 0.203. The Labute approximate surface area is 151 Å². The fraction of sp³-hybridized carbons (Fsp3) is 0.474. The molecule has 134 valence electrons. The standard InChI is InChI=1S/C19H23NO4S/c1-10(2)24-19(22)16-14-6-5-11(3)9-15(14)25-18(16)20-17(21)13-7-8-23-12(13)4/h7-8,10-11H,5-6,9H2,1-4H3,(H,20,21)/t11-/m1/s1. The molecule has 0 unspecified atom stereocenters. The van der Waals surface area contributed by atoms with Crippen molar-refractivity contribution in [1.29, 1.82) is 0 Å². The third kappa shape index (κ3) is 3.63. The van der Waals surface area contributed by atoms with Crippen molar-refractivity contribution in [2.24, 2.45) is 5.92 Å². The van der Waals surface area contributed by atoms with Crippen LogP contribution in [0.1, 0.15) is 64.1 Å². The van der Waals surface area contributed by atoms with Gasteiger partial charge in [0.05, 0.1) is 23.5 Å². The zero-order valence-electron chi connectivity index (χ0n) is 15.0. The number of carbonyl (C=O) groups is 2. The zero-order valence-corrected chi connectivity index (χ0v) is 15.8. The summed E-state index contributed by atoms with van der Waals surface area (Å²) in [5.41, 5.74) is 2.03. The number of hydrogen-bond donors (Lipinski definition) is 1. The second-order valence-corrected chi connectivity index (χ2v) is 7.96. The van der Waals surface area contributed by atoms with E-state index in [9.17, 15) is 9.59 Å². The quantitative estimate of drug-likeness (QED) is 0.809. The van der Waals surface area contributed by atoms with Crippen LogP contribution in [0.4, 0.5) is 5.00 Å². The molecule has 0 bridgehead atoms. The van der Waals surface area contributed by atoms with Crippen LogP contribution in [-0.4, -0.2) is 18.0 Å². The maximum atomic E-state index is 12.6. The fourth-order valence-electron chi connectivity index (χ4n) is 3.12. The monoisotopic (exact) mass is 361 g/mol. The van der Waals surface area contributed by atoms with Crippen LogP contribution in [0.15, 0.2) is 16.7 Å². The van der Waals surface area contributed by atoms with Crippen molar-refractivity contribution in [3.05, 3.63) is 39.7 Å². The smallest absolute Gasteiger partial charge is 0.341 e. The summed E-state index contributed by atoms with van der Waals surface area (Å²) in [5, 5.41) is 3.48. The van der Waals surface area contributed by atoms with Crippen LogP contribution in [0.2, 0.25) is 0 Å². The second-order valence-electron chi connectivity index (χ2n) is 6.85. The van der Waals surface area contributed by atoms with E-state index in [-0.39, 0.29) is 18.0 Å². The van der Waals surface area contributed by atoms with Crippen molar-refractivity contribution >= 4 is 28.2 Å². The highest BCUT2D eigenvalue weighted by atomic mass is 32.1. The Kier molecular flexibility index (Phi) is 4.99. The summed E-state index contributed by atoms with van der Waals surface area (Å²) >= 11 is 1.49. The Morgan fingerprint density at radius 2 is 2.16 bits per heavy atom. The molecule has 0 fully saturated rings. The average Bonchev–Trinajstić information content (AvgIpc) is 3.09. The number of rotatable bonds is 4. The molecule has 0 saturated heterocycles. The number of hydrogen-bond acceptors (Lipinski definition) is 5. The van der Waals surface area contributed by atoms with Gasteiger partial charge in [0.2, 0.25) is 0 Å². The van der Waals surface area contributed by atoms with E-state index in [0.717, 1.165) is 24.8 Å². The zero-order chi connectivity index (χ0) is 18.1. The van der Waals surface area contributed by atoms with E-state index in [0.29, 0.717) is 27.8 Å². The van der Waals surface area contributed by atoms with Crippen LogP contribution in [-0.2, 0) is 17.6 Å². The predicted octanol–water partition coefficient (Wildman–Crippen LogP) is 4.59. The topological polar surface area (TPSA) is 68.5 Å². The van der Waals surface area contributed by atoms with Crippen LogP contribution in [0.3, 0.4) is 0 Å². The number of furan rings is 1. The molecule has 1 aliphatic rings. The van der Waals surface area contributed by atoms with Gasteiger partial charge in [-0.25, -0.2) is 4.79 Å². The Morgan fingerprint density at radius 1 is 1.40 bits per heavy atom. The summed E-state index contributed by atoms with van der Waals surface area (Å²) in [4.78, 5) is 26.4. The van der Waals surface area contributed by atoms with E-state index < -0.39 is 0 Å². The van der Waals surface area contributed by atoms with Crippen LogP contribution in [0, 0.1) is 12.8 Å². The number of anilines is 1. The number of fused-ring (bicyclic) bond motifs is 1. The van der Waals surface area contributed by atoms with Crippen molar-refractivity contribution in [3.63, 3.8) is 0 Å². The third-order valence-corrected chi connectivity index (χ3v) is 5.56. The van der Waals surface area contributed by atoms with Gasteiger partial charge < -0.3 is 14.5 Å². The lowest BCUT2D eigenvalue weighted by Gasteiger charge is -2.18. The SMILES string of the molecule is Cc1occc1C(=O)Nc1sc2c(c1C(=O)OC(C)C)CC[C@@H](C)C2. The molecule has 3 rings (SSSR count). The third-order valence-electron chi connectivity index (χ3n) is 4.39. The number of esters is 1. The maximum absolute atomic E-state index is 12.6. The summed E-state index contributed by atoms with van der Waals surface area (Å²) in [6, 6.07) is 1.63. The van der Waals surface area contributed by atoms with Gasteiger partial charge in [0.15, 0.2) is 0 Å². The maximum Gasteiger partial charge on any atom is 0.341 e. The molecule has 0 spiro atoms. The minimum Gasteiger partial charge on any atom is -0.469 e. The van der Waals surface area contributed by atoms with Gasteiger partial charge >= 0.3 is 5.97 Å². The summed E-state index contributed by atoms with van der Waals surface area (Å²) in [6.07, 6.45) is 4.10. The number of ether oxygens (including phenoxy) is 1. The Hall–Kier alpha value is -2.08. The van der Waals surface area contributed by atoms with Gasteiger partial charge in [0, 0.05) is 4.88 Å². The molecular formula is C19H23NO4S. The van der Waals surface area contributed by atoms with Crippen molar-refractivity contribution < 1.29 is 18.7 Å². The fourth-order valence-corrected chi connectivity index (χ4v) is 4.51. The van der Waals surface area contributed by atoms with E-state index in [4.69, 9.17) is 9.15 Å². The summed E-state index contributed by atoms with van der Waals surface area (Å²) in [7, 11) is 0. The molecule has 2 aromatic rings. The first-order valence-corrected chi connectivity index (χ1v) is 9.39. The number of carbonyl (C=O) groups excluding carboxylic acids is 2. The molecule has 6 heteroatoms. The molecule has 1 aliphatic carbocycles. The van der Waals surface area contributed by atoms with Crippen LogP contribution < -0.4 is 5.32 Å². The molecule has 1 atom stereocenters. The Balaban J connectivity index is 1.96. The molecule has 25 heavy (non-hydrogen) atoms. The highest BCUT2D eigenvalue weighted by Crippen LogP contribution is 2.40. The number of aryl methyl sites for hydroxylation is 1. The molecular weight excluding hydrogens is 338 g/mol. The van der Waals surface area contributed by atoms with Gasteiger partial charge in [0.25, 0.3) is 5.91 Å². The van der Waals surface area contributed by atoms with Gasteiger partial charge in [-0.05, 0) is 57.6 Å². The molecule has 0 saturated carbocycles. The largest absolute Gasteiger partial charge is 0.469 e. The number of nitrogens with one attached hydrogen (secondary N) is 1. The van der Waals surface area contributed by atoms with E-state index in [2.05, 4.69) is 12.2 Å². The molecule has 0 aromatic carbocycles. The van der Waals surface area contributed by atoms with E-state index in [1.807, 2.05) is 13.8 Å². The van der Waals surface area contributed by atoms with Gasteiger partial charge in [-0.2, -0.15) is 0 Å². The molecule has 1 amide bonds. The van der Waals surface area contributed by atoms with Crippen LogP contribution in [0.25, 0.3) is 0 Å². The first-order chi connectivity index (χ1) is 11.9. The lowest BCUT2D eigenvalue weighted by molar-refractivity contribution is 0.0378. The molecule has 2 heterocycles. The molecule has 0 radical (unpaired) electrons. The predicted molar refractivity (Wildman–Crippen MR) is 97.5 cm³/mol. The number of thiophene rings is 1. The second kappa shape index (κ2) is 7.04. The van der Waals surface area contributed by atoms with E-state index >= 15 is 0 Å². The summed E-state index contributed by atoms with van der Waals surface area (Å²) < 4.78 is 10.6. The van der Waals surface area contributed by atoms with Crippen molar-refractivity contribution in [1.82, 2.24) is 0 Å². The van der Waals surface area contributed by atoms with Crippen molar-refractivity contribution in [3.8, 4) is 0 Å². The lowest BCUT2D eigenvalue weighted by atomic mass is 9.88. The van der Waals surface area contributed by atoms with E-state index in [1.165, 1.54) is 22.5 Å². The van der Waals surface area contributed by atoms with Crippen LogP contribution >= 0.6 is 11.3 Å². The average molecular weight is 361 g/mol. The summed E-state index contributed by atoms with van der Waals surface area (Å²) in [6.45, 7) is 7.60. The molecule has 1 N–H and O–H groups in total. The van der Waals surface area contributed by atoms with Gasteiger partial charge in [-0.3, -0.25) is 4.79 Å². The first kappa shape index (κ1) is 17.7. The normalized spacial score (nSPS) is 16.6. The van der Waals surface area contributed by atoms with Crippen molar-refractivity contribution in [2.45, 2.75) is 53.1 Å². The van der Waals surface area contributed by atoms with E-state index in [1.54, 1.807) is 13.0 Å². The highest BCUT2D eigenvalue weighted by molar-refractivity contribution is 7.17. The molecule has 2 aromatic heterocycles. The first-order valence-electron chi connectivity index (χ1n) is 8.57.